The highest BCUT2D eigenvalue weighted by Gasteiger charge is 2.61. The molecule has 0 amide bonds. The number of carbonyl (C=O) groups is 2. The predicted octanol–water partition coefficient (Wildman–Crippen LogP) is 28.7. The molecule has 4 aromatic carbocycles. The monoisotopic (exact) mass is 1590 g/mol. The van der Waals surface area contributed by atoms with Crippen molar-refractivity contribution in [1.29, 1.82) is 0 Å². The third-order valence-electron chi connectivity index (χ3n) is 31.6. The highest BCUT2D eigenvalue weighted by Crippen LogP contribution is 2.70. The van der Waals surface area contributed by atoms with E-state index in [1.54, 1.807) is 11.1 Å². The maximum Gasteiger partial charge on any atom is 0.306 e. The van der Waals surface area contributed by atoms with Gasteiger partial charge in [0, 0.05) is 25.7 Å². The van der Waals surface area contributed by atoms with Crippen molar-refractivity contribution in [3.8, 4) is 45.6 Å². The molecule has 0 radical (unpaired) electrons. The molecule has 642 valence electrons. The summed E-state index contributed by atoms with van der Waals surface area (Å²) in [6, 6.07) is 32.9. The van der Waals surface area contributed by atoms with E-state index in [1.165, 1.54) is 116 Å². The molecule has 12 rings (SSSR count). The number of fused-ring (bicyclic) bond motifs is 10. The second-order valence-corrected chi connectivity index (χ2v) is 40.2. The number of hydrogen-bond acceptors (Lipinski definition) is 10. The van der Waals surface area contributed by atoms with Gasteiger partial charge in [0.15, 0.2) is 23.0 Å². The van der Waals surface area contributed by atoms with Crippen LogP contribution in [0.4, 0.5) is 0 Å². The van der Waals surface area contributed by atoms with Gasteiger partial charge in [-0.2, -0.15) is 0 Å². The minimum absolute atomic E-state index is 0.000643. The Morgan fingerprint density at radius 3 is 1.02 bits per heavy atom. The van der Waals surface area contributed by atoms with Crippen LogP contribution < -0.4 is 28.4 Å². The van der Waals surface area contributed by atoms with E-state index in [0.29, 0.717) is 63.3 Å². The van der Waals surface area contributed by atoms with Crippen LogP contribution in [0.3, 0.4) is 0 Å². The SMILES string of the molecule is CC(C)CCC[C@@H](C)[C@H]1CC[C@H]2[C@@H]3CC=C4CC(OC(=O)CCCCCCCOc5ccccc5OCCCCCCOc5ccc(-c6ccc(OCCCCCCOc7ccccc7OCCCCCCCC(=O)OC7CC[C@@]8(C)C(=CC[C@H]9[C@@H]%10CC[C@H]([C@H](C)CCCC(C)C)[C@@]%10(C)CC[C@@H]98)C7)cc6)cc5)CC[C@]4(C)[C@H]3CC[C@]12C. The Balaban J connectivity index is 0.431. The van der Waals surface area contributed by atoms with Gasteiger partial charge < -0.3 is 37.9 Å². The summed E-state index contributed by atoms with van der Waals surface area (Å²) in [7, 11) is 0. The van der Waals surface area contributed by atoms with Crippen LogP contribution in [0, 0.1) is 92.7 Å². The Kier molecular flexibility index (Phi) is 33.9. The fourth-order valence-electron chi connectivity index (χ4n) is 24.9. The van der Waals surface area contributed by atoms with Gasteiger partial charge in [-0.3, -0.25) is 9.59 Å². The van der Waals surface area contributed by atoms with Crippen LogP contribution in [0.15, 0.2) is 120 Å². The molecule has 0 aliphatic heterocycles. The number of rotatable bonds is 49. The first kappa shape index (κ1) is 89.4. The molecule has 16 atom stereocenters. The van der Waals surface area contributed by atoms with Crippen molar-refractivity contribution in [2.24, 2.45) is 92.7 Å². The summed E-state index contributed by atoms with van der Waals surface area (Å²) in [5, 5.41) is 0. The summed E-state index contributed by atoms with van der Waals surface area (Å²) < 4.78 is 49.6. The lowest BCUT2D eigenvalue weighted by Gasteiger charge is -2.58. The number of para-hydroxylation sites is 4. The number of ether oxygens (including phenoxy) is 8. The van der Waals surface area contributed by atoms with E-state index < -0.39 is 0 Å². The summed E-state index contributed by atoms with van der Waals surface area (Å²) in [5.74, 6) is 15.2. The van der Waals surface area contributed by atoms with Crippen LogP contribution in [-0.2, 0) is 19.1 Å². The third kappa shape index (κ3) is 23.8. The lowest BCUT2D eigenvalue weighted by Crippen LogP contribution is -2.51. The molecule has 0 heterocycles. The van der Waals surface area contributed by atoms with Crippen molar-refractivity contribution in [3.63, 3.8) is 0 Å². The van der Waals surface area contributed by atoms with Gasteiger partial charge in [0.2, 0.25) is 0 Å². The Hall–Kier alpha value is -5.90. The van der Waals surface area contributed by atoms with Gasteiger partial charge in [-0.1, -0.05) is 218 Å². The zero-order valence-electron chi connectivity index (χ0n) is 74.5. The number of allylic oxidation sites excluding steroid dienone is 2. The molecule has 6 fully saturated rings. The first-order chi connectivity index (χ1) is 56.3. The fraction of sp³-hybridized carbons (Fsp3) is 0.717. The van der Waals surface area contributed by atoms with E-state index in [4.69, 9.17) is 37.9 Å². The molecule has 116 heavy (non-hydrogen) atoms. The van der Waals surface area contributed by atoms with Gasteiger partial charge in [0.05, 0.1) is 39.6 Å². The Bertz CT molecular complexity index is 3430. The lowest BCUT2D eigenvalue weighted by molar-refractivity contribution is -0.152. The van der Waals surface area contributed by atoms with E-state index in [1.807, 2.05) is 48.5 Å². The molecular weight excluding hydrogens is 1430 g/mol. The van der Waals surface area contributed by atoms with Crippen LogP contribution in [0.2, 0.25) is 0 Å². The van der Waals surface area contributed by atoms with Gasteiger partial charge in [-0.15, -0.1) is 0 Å². The molecule has 8 aliphatic carbocycles. The number of carbonyl (C=O) groups excluding carboxylic acids is 2. The topological polar surface area (TPSA) is 108 Å². The van der Waals surface area contributed by atoms with Crippen LogP contribution >= 0.6 is 0 Å². The van der Waals surface area contributed by atoms with Crippen molar-refractivity contribution < 1.29 is 47.5 Å². The van der Waals surface area contributed by atoms with Gasteiger partial charge >= 0.3 is 11.9 Å². The summed E-state index contributed by atoms with van der Waals surface area (Å²) in [6.07, 6.45) is 53.3. The zero-order valence-corrected chi connectivity index (χ0v) is 74.5. The first-order valence-electron chi connectivity index (χ1n) is 48.2. The van der Waals surface area contributed by atoms with Crippen LogP contribution in [0.1, 0.15) is 339 Å². The molecule has 0 saturated heterocycles. The second kappa shape index (κ2) is 44.1. The quantitative estimate of drug-likeness (QED) is 0.0241. The van der Waals surface area contributed by atoms with Gasteiger partial charge in [-0.05, 0) is 319 Å². The van der Waals surface area contributed by atoms with Crippen molar-refractivity contribution in [2.45, 2.75) is 351 Å². The van der Waals surface area contributed by atoms with Crippen molar-refractivity contribution in [1.82, 2.24) is 0 Å². The summed E-state index contributed by atoms with van der Waals surface area (Å²) in [6.45, 7) is 29.3. The van der Waals surface area contributed by atoms with Gasteiger partial charge in [0.1, 0.15) is 23.7 Å². The van der Waals surface area contributed by atoms with E-state index in [9.17, 15) is 9.59 Å². The highest BCUT2D eigenvalue weighted by atomic mass is 16.6. The highest BCUT2D eigenvalue weighted by molar-refractivity contribution is 5.70. The van der Waals surface area contributed by atoms with Crippen molar-refractivity contribution >= 4 is 11.9 Å². The van der Waals surface area contributed by atoms with Crippen LogP contribution in [-0.4, -0.2) is 63.8 Å². The molecule has 4 aromatic rings. The summed E-state index contributed by atoms with van der Waals surface area (Å²) >= 11 is 0. The summed E-state index contributed by atoms with van der Waals surface area (Å²) in [5.41, 5.74) is 7.12. The van der Waals surface area contributed by atoms with Crippen LogP contribution in [0.5, 0.6) is 34.5 Å². The molecule has 10 heteroatoms. The molecule has 0 N–H and O–H groups in total. The maximum atomic E-state index is 13.2. The molecule has 0 bridgehead atoms. The summed E-state index contributed by atoms with van der Waals surface area (Å²) in [4.78, 5) is 26.3. The normalized spacial score (nSPS) is 28.3. The number of unbranched alkanes of at least 4 members (excludes halogenated alkanes) is 14. The van der Waals surface area contributed by atoms with E-state index in [-0.39, 0.29) is 35.0 Å². The van der Waals surface area contributed by atoms with Crippen molar-refractivity contribution in [2.75, 3.05) is 39.6 Å². The third-order valence-corrected chi connectivity index (χ3v) is 31.6. The van der Waals surface area contributed by atoms with E-state index >= 15 is 0 Å². The molecule has 2 unspecified atom stereocenters. The standard InChI is InChI=1S/C106H158O10/c1-77(2)35-33-37-79(5)91-57-59-93-89-55-49-83-75-87(61-65-103(83,7)95(89)63-67-105(91,93)9)115-101(107)43-21-13-11-15-29-71-111-97-39-23-25-41-99(97)113-73-31-19-17-27-69-109-85-51-45-81(46-52-85)82-47-53-86(54-48-82)110-70-28-18-20-32-74-114-100-42-26-24-40-98(100)112-72-30-16-12-14-22-44-102(108)116-88-62-66-104(8)84(76-88)50-56-90-94-60-58-92(80(6)38-34-36-78(3)4)106(94,10)68-64-96(90)104/h23-26,39-42,45-54,77-80,87-96H,11-22,27-38,43-44,55-76H2,1-10H3/t79-,80-,87?,88?,89+,90+,91-,92-,93+,94+,95+,96+,103+,104+,105-,106-/m1/s1. The average Bonchev–Trinajstić information content (AvgIpc) is 1.69. The van der Waals surface area contributed by atoms with Gasteiger partial charge in [0.25, 0.3) is 0 Å². The smallest absolute Gasteiger partial charge is 0.306 e. The second-order valence-electron chi connectivity index (χ2n) is 40.2. The maximum absolute atomic E-state index is 13.2. The molecule has 0 spiro atoms. The van der Waals surface area contributed by atoms with Crippen LogP contribution in [0.25, 0.3) is 11.1 Å². The van der Waals surface area contributed by atoms with Crippen molar-refractivity contribution in [3.05, 3.63) is 120 Å². The molecule has 6 saturated carbocycles. The molecule has 10 nitrogen and oxygen atoms in total. The number of hydrogen-bond donors (Lipinski definition) is 0. The molecule has 0 aromatic heterocycles. The first-order valence-corrected chi connectivity index (χ1v) is 48.2. The molecule has 8 aliphatic rings. The fourth-order valence-corrected chi connectivity index (χ4v) is 24.9. The zero-order chi connectivity index (χ0) is 81.3. The Labute approximate surface area is 704 Å². The Morgan fingerprint density at radius 1 is 0.345 bits per heavy atom. The lowest BCUT2D eigenvalue weighted by atomic mass is 9.47. The van der Waals surface area contributed by atoms with Gasteiger partial charge in [-0.25, -0.2) is 0 Å². The minimum Gasteiger partial charge on any atom is -0.494 e. The number of benzene rings is 4. The average molecular weight is 1590 g/mol. The Morgan fingerprint density at radius 2 is 0.672 bits per heavy atom. The van der Waals surface area contributed by atoms with E-state index in [0.717, 1.165) is 258 Å². The predicted molar refractivity (Wildman–Crippen MR) is 476 cm³/mol. The molecular formula is C106H158O10. The minimum atomic E-state index is -0.000643. The van der Waals surface area contributed by atoms with E-state index in [2.05, 4.69) is 130 Å². The largest absolute Gasteiger partial charge is 0.494 e. The number of esters is 2.